The summed E-state index contributed by atoms with van der Waals surface area (Å²) in [6.07, 6.45) is -4.22. The normalized spacial score (nSPS) is 14.0. The standard InChI is InChI=1S/C23H30N4O3S.C2HF3O2/c1-18(20-6-4-3-5-7-20)31(29,30)26-14-12-22(28)27(2)17-13-19-8-10-21(11-9-19)23-24-15-16-25-23;3-2(4,5)1(6)7/h3-11,18,26H,12-17H2,1-2H3,(H,24,25);(H,6,7). The number of carboxylic acids is 1. The zero-order chi connectivity index (χ0) is 28.3. The number of amidine groups is 1. The van der Waals surface area contributed by atoms with E-state index in [4.69, 9.17) is 9.90 Å². The largest absolute Gasteiger partial charge is 0.490 e. The number of carboxylic acid groups (broad SMARTS) is 1. The summed E-state index contributed by atoms with van der Waals surface area (Å²) in [6, 6.07) is 17.2. The zero-order valence-corrected chi connectivity index (χ0v) is 21.8. The molecule has 1 amide bonds. The molecule has 0 radical (unpaired) electrons. The Morgan fingerprint density at radius 2 is 1.74 bits per heavy atom. The number of alkyl halides is 3. The number of benzene rings is 2. The maximum absolute atomic E-state index is 12.5. The van der Waals surface area contributed by atoms with Crippen LogP contribution < -0.4 is 10.0 Å². The SMILES string of the molecule is CC(c1ccccc1)S(=O)(=O)NCCC(=O)N(C)CCc1ccc(C2=NCCN2)cc1.O=C(O)C(F)(F)F. The predicted octanol–water partition coefficient (Wildman–Crippen LogP) is 2.74. The van der Waals surface area contributed by atoms with Crippen molar-refractivity contribution < 1.29 is 36.3 Å². The highest BCUT2D eigenvalue weighted by Crippen LogP contribution is 2.20. The van der Waals surface area contributed by atoms with E-state index in [9.17, 15) is 26.4 Å². The zero-order valence-electron chi connectivity index (χ0n) is 21.0. The summed E-state index contributed by atoms with van der Waals surface area (Å²) in [4.78, 5) is 27.3. The molecule has 0 fully saturated rings. The number of hydrogen-bond donors (Lipinski definition) is 3. The number of nitrogens with zero attached hydrogens (tertiary/aromatic N) is 2. The van der Waals surface area contributed by atoms with Crippen molar-refractivity contribution in [3.8, 4) is 0 Å². The Balaban J connectivity index is 0.000000638. The number of likely N-dealkylation sites (N-methyl/N-ethyl adjacent to an activating group) is 1. The quantitative estimate of drug-likeness (QED) is 0.413. The van der Waals surface area contributed by atoms with Gasteiger partial charge in [-0.05, 0) is 24.5 Å². The minimum atomic E-state index is -5.08. The van der Waals surface area contributed by atoms with E-state index in [-0.39, 0.29) is 18.9 Å². The van der Waals surface area contributed by atoms with Gasteiger partial charge >= 0.3 is 12.1 Å². The van der Waals surface area contributed by atoms with E-state index in [0.29, 0.717) is 6.54 Å². The highest BCUT2D eigenvalue weighted by atomic mass is 32.2. The first-order valence-corrected chi connectivity index (χ1v) is 13.3. The fourth-order valence-electron chi connectivity index (χ4n) is 3.36. The van der Waals surface area contributed by atoms with Gasteiger partial charge in [0.2, 0.25) is 15.9 Å². The third-order valence-electron chi connectivity index (χ3n) is 5.68. The molecule has 0 saturated carbocycles. The van der Waals surface area contributed by atoms with E-state index in [1.165, 1.54) is 0 Å². The molecule has 0 spiro atoms. The molecule has 3 N–H and O–H groups in total. The molecule has 38 heavy (non-hydrogen) atoms. The number of carbonyl (C=O) groups excluding carboxylic acids is 1. The van der Waals surface area contributed by atoms with Crippen LogP contribution in [0.1, 0.15) is 35.3 Å². The molecule has 0 aliphatic carbocycles. The summed E-state index contributed by atoms with van der Waals surface area (Å²) in [6.45, 7) is 4.00. The fraction of sp³-hybridized carbons (Fsp3) is 0.400. The molecule has 2 aromatic carbocycles. The summed E-state index contributed by atoms with van der Waals surface area (Å²) in [5, 5.41) is 9.71. The number of amides is 1. The first kappa shape index (κ1) is 30.8. The molecule has 2 aromatic rings. The van der Waals surface area contributed by atoms with Crippen LogP contribution in [-0.2, 0) is 26.0 Å². The van der Waals surface area contributed by atoms with Crippen LogP contribution in [0, 0.1) is 0 Å². The second-order valence-corrected chi connectivity index (χ2v) is 10.6. The first-order valence-electron chi connectivity index (χ1n) is 11.8. The highest BCUT2D eigenvalue weighted by Gasteiger charge is 2.38. The Hall–Kier alpha value is -3.45. The van der Waals surface area contributed by atoms with Gasteiger partial charge in [-0.15, -0.1) is 0 Å². The Bertz CT molecular complexity index is 1200. The number of hydrogen-bond acceptors (Lipinski definition) is 6. The molecule has 1 aliphatic rings. The lowest BCUT2D eigenvalue weighted by atomic mass is 10.1. The number of rotatable bonds is 10. The van der Waals surface area contributed by atoms with Gasteiger partial charge < -0.3 is 15.3 Å². The molecule has 13 heteroatoms. The van der Waals surface area contributed by atoms with Gasteiger partial charge in [0.05, 0.1) is 11.8 Å². The summed E-state index contributed by atoms with van der Waals surface area (Å²) < 4.78 is 59.2. The van der Waals surface area contributed by atoms with Crippen molar-refractivity contribution in [1.29, 1.82) is 0 Å². The number of aliphatic carboxylic acids is 1. The fourth-order valence-corrected chi connectivity index (χ4v) is 4.51. The maximum atomic E-state index is 12.5. The average Bonchev–Trinajstić information content (AvgIpc) is 3.42. The van der Waals surface area contributed by atoms with E-state index < -0.39 is 27.4 Å². The average molecular weight is 557 g/mol. The van der Waals surface area contributed by atoms with Crippen LogP contribution in [-0.4, -0.2) is 75.5 Å². The van der Waals surface area contributed by atoms with Gasteiger partial charge in [-0.1, -0.05) is 54.6 Å². The molecule has 208 valence electrons. The third-order valence-corrected chi connectivity index (χ3v) is 7.49. The molecule has 1 atom stereocenters. The van der Waals surface area contributed by atoms with Gasteiger partial charge in [-0.25, -0.2) is 17.9 Å². The van der Waals surface area contributed by atoms with Crippen LogP contribution in [0.3, 0.4) is 0 Å². The third kappa shape index (κ3) is 9.78. The van der Waals surface area contributed by atoms with Crippen molar-refractivity contribution in [2.45, 2.75) is 31.2 Å². The lowest BCUT2D eigenvalue weighted by Crippen LogP contribution is -2.34. The van der Waals surface area contributed by atoms with E-state index >= 15 is 0 Å². The van der Waals surface area contributed by atoms with Crippen molar-refractivity contribution in [1.82, 2.24) is 14.9 Å². The minimum absolute atomic E-state index is 0.0869. The van der Waals surface area contributed by atoms with Crippen molar-refractivity contribution in [2.75, 3.05) is 33.2 Å². The lowest BCUT2D eigenvalue weighted by molar-refractivity contribution is -0.192. The van der Waals surface area contributed by atoms with Crippen LogP contribution in [0.5, 0.6) is 0 Å². The number of aliphatic imine (C=N–C) groups is 1. The smallest absolute Gasteiger partial charge is 0.475 e. The maximum Gasteiger partial charge on any atom is 0.490 e. The number of halogens is 3. The van der Waals surface area contributed by atoms with Gasteiger partial charge in [0.1, 0.15) is 5.84 Å². The molecular formula is C25H31F3N4O5S. The summed E-state index contributed by atoms with van der Waals surface area (Å²) in [5.74, 6) is -1.91. The summed E-state index contributed by atoms with van der Waals surface area (Å²) in [7, 11) is -1.79. The predicted molar refractivity (Wildman–Crippen MR) is 137 cm³/mol. The molecule has 0 aromatic heterocycles. The Morgan fingerprint density at radius 1 is 1.13 bits per heavy atom. The van der Waals surface area contributed by atoms with Crippen molar-refractivity contribution >= 4 is 27.7 Å². The van der Waals surface area contributed by atoms with Crippen molar-refractivity contribution in [3.63, 3.8) is 0 Å². The molecule has 0 saturated heterocycles. The molecule has 3 rings (SSSR count). The number of carbonyl (C=O) groups is 2. The van der Waals surface area contributed by atoms with Gasteiger partial charge in [0.15, 0.2) is 0 Å². The Kier molecular flexibility index (Phi) is 11.3. The second-order valence-electron chi connectivity index (χ2n) is 8.46. The van der Waals surface area contributed by atoms with Crippen LogP contribution in [0.15, 0.2) is 59.6 Å². The van der Waals surface area contributed by atoms with Crippen LogP contribution in [0.4, 0.5) is 13.2 Å². The summed E-state index contributed by atoms with van der Waals surface area (Å²) >= 11 is 0. The topological polar surface area (TPSA) is 128 Å². The first-order chi connectivity index (χ1) is 17.8. The molecular weight excluding hydrogens is 525 g/mol. The summed E-state index contributed by atoms with van der Waals surface area (Å²) in [5.41, 5.74) is 2.93. The molecule has 1 aliphatic heterocycles. The van der Waals surface area contributed by atoms with Gasteiger partial charge in [-0.3, -0.25) is 9.79 Å². The van der Waals surface area contributed by atoms with Crippen LogP contribution >= 0.6 is 0 Å². The highest BCUT2D eigenvalue weighted by molar-refractivity contribution is 7.89. The number of sulfonamides is 1. The van der Waals surface area contributed by atoms with E-state index in [2.05, 4.69) is 27.2 Å². The lowest BCUT2D eigenvalue weighted by Gasteiger charge is -2.18. The van der Waals surface area contributed by atoms with E-state index in [1.807, 2.05) is 30.3 Å². The molecule has 1 heterocycles. The van der Waals surface area contributed by atoms with E-state index in [1.54, 1.807) is 31.0 Å². The molecule has 9 nitrogen and oxygen atoms in total. The van der Waals surface area contributed by atoms with Gasteiger partial charge in [-0.2, -0.15) is 13.2 Å². The van der Waals surface area contributed by atoms with Crippen LogP contribution in [0.2, 0.25) is 0 Å². The number of nitrogens with one attached hydrogen (secondary N) is 2. The van der Waals surface area contributed by atoms with E-state index in [0.717, 1.165) is 42.0 Å². The van der Waals surface area contributed by atoms with Gasteiger partial charge in [0.25, 0.3) is 0 Å². The van der Waals surface area contributed by atoms with Crippen LogP contribution in [0.25, 0.3) is 0 Å². The Morgan fingerprint density at radius 3 is 2.26 bits per heavy atom. The second kappa shape index (κ2) is 13.9. The minimum Gasteiger partial charge on any atom is -0.475 e. The molecule has 0 bridgehead atoms. The monoisotopic (exact) mass is 556 g/mol. The van der Waals surface area contributed by atoms with Crippen molar-refractivity contribution in [2.24, 2.45) is 4.99 Å². The van der Waals surface area contributed by atoms with Gasteiger partial charge in [0, 0.05) is 38.7 Å². The Labute approximate surface area is 219 Å². The molecule has 1 unspecified atom stereocenters. The van der Waals surface area contributed by atoms with Crippen molar-refractivity contribution in [3.05, 3.63) is 71.3 Å².